The Hall–Kier alpha value is -1.58. The number of fused-ring (bicyclic) bond motifs is 2. The number of rotatable bonds is 2. The first kappa shape index (κ1) is 14.4. The van der Waals surface area contributed by atoms with E-state index in [1.807, 2.05) is 19.2 Å². The van der Waals surface area contributed by atoms with E-state index in [-0.39, 0.29) is 11.3 Å². The van der Waals surface area contributed by atoms with Gasteiger partial charge in [-0.2, -0.15) is 0 Å². The Morgan fingerprint density at radius 2 is 2.10 bits per heavy atom. The minimum Gasteiger partial charge on any atom is -0.373 e. The van der Waals surface area contributed by atoms with Crippen molar-refractivity contribution in [1.82, 2.24) is 9.88 Å². The molecular formula is C17H25N3O. The Kier molecular flexibility index (Phi) is 3.23. The summed E-state index contributed by atoms with van der Waals surface area (Å²) < 4.78 is 0. The third-order valence-corrected chi connectivity index (χ3v) is 4.94. The van der Waals surface area contributed by atoms with Crippen molar-refractivity contribution in [3.63, 3.8) is 0 Å². The monoisotopic (exact) mass is 287 g/mol. The molecule has 1 aromatic heterocycles. The van der Waals surface area contributed by atoms with Crippen LogP contribution in [0.2, 0.25) is 0 Å². The molecule has 0 radical (unpaired) electrons. The Bertz CT molecular complexity index is 552. The highest BCUT2D eigenvalue weighted by atomic mass is 16.2. The van der Waals surface area contributed by atoms with Gasteiger partial charge in [0.05, 0.1) is 5.56 Å². The maximum Gasteiger partial charge on any atom is 0.255 e. The molecule has 1 saturated carbocycles. The van der Waals surface area contributed by atoms with Gasteiger partial charge in [0.25, 0.3) is 5.91 Å². The quantitative estimate of drug-likeness (QED) is 0.908. The zero-order valence-corrected chi connectivity index (χ0v) is 13.4. The van der Waals surface area contributed by atoms with Gasteiger partial charge in [-0.25, -0.2) is 4.98 Å². The summed E-state index contributed by atoms with van der Waals surface area (Å²) in [6, 6.07) is 4.12. The van der Waals surface area contributed by atoms with Crippen LogP contribution in [0.25, 0.3) is 0 Å². The molecule has 2 aliphatic rings. The molecule has 1 aromatic rings. The molecule has 4 heteroatoms. The average Bonchev–Trinajstić information content (AvgIpc) is 2.67. The Morgan fingerprint density at radius 1 is 1.33 bits per heavy atom. The number of hydrogen-bond acceptors (Lipinski definition) is 3. The van der Waals surface area contributed by atoms with Gasteiger partial charge in [-0.05, 0) is 42.2 Å². The van der Waals surface area contributed by atoms with Gasteiger partial charge >= 0.3 is 0 Å². The number of amides is 1. The van der Waals surface area contributed by atoms with E-state index >= 15 is 0 Å². The fourth-order valence-corrected chi connectivity index (χ4v) is 4.53. The van der Waals surface area contributed by atoms with Crippen LogP contribution in [0, 0.1) is 10.8 Å². The number of likely N-dealkylation sites (tertiary alicyclic amines) is 1. The first-order valence-electron chi connectivity index (χ1n) is 7.77. The van der Waals surface area contributed by atoms with Crippen molar-refractivity contribution < 1.29 is 4.79 Å². The standard InChI is InChI=1S/C17H25N3O/c1-16(2)7-13-8-17(3,10-16)11-20(13)15(21)12-5-6-14(18-4)19-9-12/h5-6,9,13H,7-8,10-11H2,1-4H3,(H,18,19). The van der Waals surface area contributed by atoms with Crippen molar-refractivity contribution in [2.24, 2.45) is 10.8 Å². The van der Waals surface area contributed by atoms with E-state index in [1.54, 1.807) is 6.20 Å². The highest BCUT2D eigenvalue weighted by Gasteiger charge is 2.51. The minimum absolute atomic E-state index is 0.136. The van der Waals surface area contributed by atoms with Crippen molar-refractivity contribution in [3.05, 3.63) is 23.9 Å². The van der Waals surface area contributed by atoms with Crippen LogP contribution >= 0.6 is 0 Å². The van der Waals surface area contributed by atoms with Gasteiger partial charge in [-0.15, -0.1) is 0 Å². The summed E-state index contributed by atoms with van der Waals surface area (Å²) in [7, 11) is 1.83. The second-order valence-electron chi connectivity index (χ2n) is 7.83. The Morgan fingerprint density at radius 3 is 2.71 bits per heavy atom. The molecule has 2 fully saturated rings. The van der Waals surface area contributed by atoms with Gasteiger partial charge in [0, 0.05) is 25.8 Å². The van der Waals surface area contributed by atoms with Gasteiger partial charge in [0.15, 0.2) is 0 Å². The van der Waals surface area contributed by atoms with Crippen LogP contribution in [-0.4, -0.2) is 35.4 Å². The van der Waals surface area contributed by atoms with Crippen LogP contribution in [0.15, 0.2) is 18.3 Å². The summed E-state index contributed by atoms with van der Waals surface area (Å²) in [5.74, 6) is 0.927. The van der Waals surface area contributed by atoms with Crippen LogP contribution in [-0.2, 0) is 0 Å². The van der Waals surface area contributed by atoms with E-state index in [2.05, 4.69) is 36.0 Å². The van der Waals surface area contributed by atoms with Crippen molar-refractivity contribution in [1.29, 1.82) is 0 Å². The fraction of sp³-hybridized carbons (Fsp3) is 0.647. The average molecular weight is 287 g/mol. The largest absolute Gasteiger partial charge is 0.373 e. The number of anilines is 1. The summed E-state index contributed by atoms with van der Waals surface area (Å²) in [6.45, 7) is 7.87. The molecule has 4 nitrogen and oxygen atoms in total. The van der Waals surface area contributed by atoms with E-state index in [0.29, 0.717) is 17.0 Å². The van der Waals surface area contributed by atoms with E-state index in [0.717, 1.165) is 25.2 Å². The van der Waals surface area contributed by atoms with Gasteiger partial charge in [0.2, 0.25) is 0 Å². The second kappa shape index (κ2) is 4.72. The topological polar surface area (TPSA) is 45.2 Å². The molecule has 3 rings (SSSR count). The summed E-state index contributed by atoms with van der Waals surface area (Å²) in [5.41, 5.74) is 1.31. The molecule has 2 heterocycles. The predicted octanol–water partition coefficient (Wildman–Crippen LogP) is 3.16. The lowest BCUT2D eigenvalue weighted by atomic mass is 9.65. The second-order valence-corrected chi connectivity index (χ2v) is 7.83. The normalized spacial score (nSPS) is 30.3. The minimum atomic E-state index is 0.136. The van der Waals surface area contributed by atoms with Crippen LogP contribution in [0.5, 0.6) is 0 Å². The smallest absolute Gasteiger partial charge is 0.255 e. The third kappa shape index (κ3) is 2.63. The van der Waals surface area contributed by atoms with E-state index in [9.17, 15) is 4.79 Å². The summed E-state index contributed by atoms with van der Waals surface area (Å²) in [5, 5.41) is 2.98. The van der Waals surface area contributed by atoms with Crippen molar-refractivity contribution in [2.75, 3.05) is 18.9 Å². The number of pyridine rings is 1. The molecule has 2 atom stereocenters. The van der Waals surface area contributed by atoms with Crippen molar-refractivity contribution in [3.8, 4) is 0 Å². The highest BCUT2D eigenvalue weighted by Crippen LogP contribution is 2.52. The molecule has 114 valence electrons. The number of nitrogens with zero attached hydrogens (tertiary/aromatic N) is 2. The van der Waals surface area contributed by atoms with Gasteiger partial charge in [0.1, 0.15) is 5.82 Å². The van der Waals surface area contributed by atoms with Crippen LogP contribution in [0.3, 0.4) is 0 Å². The molecule has 1 N–H and O–H groups in total. The highest BCUT2D eigenvalue weighted by molar-refractivity contribution is 5.94. The first-order chi connectivity index (χ1) is 9.82. The summed E-state index contributed by atoms with van der Waals surface area (Å²) in [4.78, 5) is 19.2. The molecule has 0 spiro atoms. The number of carbonyl (C=O) groups is 1. The van der Waals surface area contributed by atoms with Crippen LogP contribution in [0.4, 0.5) is 5.82 Å². The fourth-order valence-electron chi connectivity index (χ4n) is 4.53. The maximum atomic E-state index is 12.8. The van der Waals surface area contributed by atoms with Crippen molar-refractivity contribution >= 4 is 11.7 Å². The molecule has 2 unspecified atom stereocenters. The Labute approximate surface area is 126 Å². The molecule has 1 aliphatic carbocycles. The van der Waals surface area contributed by atoms with Gasteiger partial charge in [-0.3, -0.25) is 4.79 Å². The summed E-state index contributed by atoms with van der Waals surface area (Å²) >= 11 is 0. The van der Waals surface area contributed by atoms with E-state index < -0.39 is 0 Å². The Balaban J connectivity index is 1.82. The zero-order valence-electron chi connectivity index (χ0n) is 13.4. The molecular weight excluding hydrogens is 262 g/mol. The van der Waals surface area contributed by atoms with Crippen LogP contribution < -0.4 is 5.32 Å². The first-order valence-corrected chi connectivity index (χ1v) is 7.77. The lowest BCUT2D eigenvalue weighted by Crippen LogP contribution is -2.37. The molecule has 1 amide bonds. The third-order valence-electron chi connectivity index (χ3n) is 4.94. The lowest BCUT2D eigenvalue weighted by Gasteiger charge is -2.39. The zero-order chi connectivity index (χ0) is 15.3. The maximum absolute atomic E-state index is 12.8. The molecule has 1 saturated heterocycles. The van der Waals surface area contributed by atoms with E-state index in [1.165, 1.54) is 6.42 Å². The summed E-state index contributed by atoms with van der Waals surface area (Å²) in [6.07, 6.45) is 5.14. The lowest BCUT2D eigenvalue weighted by molar-refractivity contribution is 0.0708. The van der Waals surface area contributed by atoms with Gasteiger partial charge in [-0.1, -0.05) is 20.8 Å². The molecule has 0 aromatic carbocycles. The predicted molar refractivity (Wildman–Crippen MR) is 84.3 cm³/mol. The number of hydrogen-bond donors (Lipinski definition) is 1. The van der Waals surface area contributed by atoms with E-state index in [4.69, 9.17) is 0 Å². The number of carbonyl (C=O) groups excluding carboxylic acids is 1. The molecule has 21 heavy (non-hydrogen) atoms. The molecule has 1 aliphatic heterocycles. The number of nitrogens with one attached hydrogen (secondary N) is 1. The number of aromatic nitrogens is 1. The SMILES string of the molecule is CNc1ccc(C(=O)N2CC3(C)CC2CC(C)(C)C3)cn1. The molecule has 2 bridgehead atoms. The van der Waals surface area contributed by atoms with Crippen LogP contribution in [0.1, 0.15) is 50.4 Å². The van der Waals surface area contributed by atoms with Gasteiger partial charge < -0.3 is 10.2 Å². The van der Waals surface area contributed by atoms with Crippen molar-refractivity contribution in [2.45, 2.75) is 46.1 Å².